The molecular formula is C25H18Cl4F7NO2. The molecule has 14 heteroatoms. The number of allylic oxidation sites excluding steroid dienone is 1. The third kappa shape index (κ3) is 7.60. The molecule has 1 atom stereocenters. The summed E-state index contributed by atoms with van der Waals surface area (Å²) in [4.78, 5) is 25.9. The molecule has 39 heavy (non-hydrogen) atoms. The molecule has 0 aliphatic heterocycles. The Balaban J connectivity index is 1.84. The summed E-state index contributed by atoms with van der Waals surface area (Å²) in [7, 11) is 0.984. The Kier molecular flexibility index (Phi) is 9.27. The van der Waals surface area contributed by atoms with Gasteiger partial charge in [-0.05, 0) is 48.7 Å². The Bertz CT molecular complexity index is 1300. The lowest BCUT2D eigenvalue weighted by Crippen LogP contribution is -2.41. The van der Waals surface area contributed by atoms with Crippen LogP contribution in [0.5, 0.6) is 0 Å². The Morgan fingerprint density at radius 3 is 2.00 bits per heavy atom. The third-order valence-electron chi connectivity index (χ3n) is 6.15. The van der Waals surface area contributed by atoms with Gasteiger partial charge in [0, 0.05) is 24.6 Å². The number of ketones is 1. The fourth-order valence-corrected chi connectivity index (χ4v) is 4.93. The van der Waals surface area contributed by atoms with E-state index in [4.69, 9.17) is 46.4 Å². The quantitative estimate of drug-likeness (QED) is 0.164. The van der Waals surface area contributed by atoms with Crippen molar-refractivity contribution in [2.75, 3.05) is 13.6 Å². The van der Waals surface area contributed by atoms with Crippen LogP contribution in [0.25, 0.3) is 5.83 Å². The number of rotatable bonds is 8. The summed E-state index contributed by atoms with van der Waals surface area (Å²) >= 11 is 23.6. The first-order chi connectivity index (χ1) is 17.8. The second-order valence-corrected chi connectivity index (χ2v) is 10.8. The van der Waals surface area contributed by atoms with E-state index in [0.717, 1.165) is 37.4 Å². The monoisotopic (exact) mass is 637 g/mol. The molecule has 1 unspecified atom stereocenters. The van der Waals surface area contributed by atoms with E-state index in [1.54, 1.807) is 0 Å². The van der Waals surface area contributed by atoms with Crippen molar-refractivity contribution >= 4 is 63.9 Å². The standard InChI is InChI=1S/C25H18Cl4F7NO2/c1-37(11-24(31,32)33)22(39)23(4-5-23)10-20(38)14-3-2-12(6-16(14)26)19(30)9-15(25(34,35)36)13-7-17(27)21(29)18(28)8-13/h2-3,6-9,15H,4-5,10-11H2,1H3/b19-9-. The highest BCUT2D eigenvalue weighted by Crippen LogP contribution is 2.51. The summed E-state index contributed by atoms with van der Waals surface area (Å²) in [5.74, 6) is -5.29. The van der Waals surface area contributed by atoms with Crippen LogP contribution in [-0.4, -0.2) is 42.5 Å². The lowest BCUT2D eigenvalue weighted by Gasteiger charge is -2.24. The zero-order valence-corrected chi connectivity index (χ0v) is 22.8. The molecule has 212 valence electrons. The van der Waals surface area contributed by atoms with Gasteiger partial charge >= 0.3 is 12.4 Å². The molecule has 1 aliphatic carbocycles. The maximum absolute atomic E-state index is 15.0. The SMILES string of the molecule is CN(CC(F)(F)F)C(=O)C1(CC(=O)c2ccc(/C(F)=C/C(c3cc(Cl)c(Cl)c(Cl)c3)C(F)(F)F)cc2Cl)CC1. The molecule has 1 aliphatic rings. The number of carbonyl (C=O) groups excluding carboxylic acids is 2. The van der Waals surface area contributed by atoms with E-state index in [2.05, 4.69) is 0 Å². The van der Waals surface area contributed by atoms with E-state index in [1.165, 1.54) is 0 Å². The normalized spacial score (nSPS) is 16.2. The minimum absolute atomic E-state index is 0.158. The number of hydrogen-bond acceptors (Lipinski definition) is 2. The molecule has 0 radical (unpaired) electrons. The number of nitrogens with zero attached hydrogens (tertiary/aromatic N) is 1. The first kappa shape index (κ1) is 31.5. The molecule has 0 heterocycles. The van der Waals surface area contributed by atoms with Crippen molar-refractivity contribution in [2.45, 2.75) is 37.5 Å². The zero-order chi connectivity index (χ0) is 29.5. The van der Waals surface area contributed by atoms with Gasteiger partial charge in [0.2, 0.25) is 5.91 Å². The van der Waals surface area contributed by atoms with Crippen LogP contribution in [0.1, 0.15) is 46.7 Å². The van der Waals surface area contributed by atoms with Crippen LogP contribution in [-0.2, 0) is 4.79 Å². The van der Waals surface area contributed by atoms with Crippen molar-refractivity contribution in [2.24, 2.45) is 5.41 Å². The Morgan fingerprint density at radius 1 is 0.974 bits per heavy atom. The van der Waals surface area contributed by atoms with Crippen LogP contribution in [0.2, 0.25) is 20.1 Å². The smallest absolute Gasteiger partial charge is 0.336 e. The van der Waals surface area contributed by atoms with Crippen LogP contribution >= 0.6 is 46.4 Å². The van der Waals surface area contributed by atoms with Gasteiger partial charge in [0.05, 0.1) is 25.5 Å². The van der Waals surface area contributed by atoms with E-state index in [0.29, 0.717) is 4.90 Å². The van der Waals surface area contributed by atoms with Gasteiger partial charge in [-0.2, -0.15) is 26.3 Å². The van der Waals surface area contributed by atoms with E-state index in [-0.39, 0.29) is 50.1 Å². The molecule has 2 aromatic rings. The van der Waals surface area contributed by atoms with Crippen LogP contribution in [0, 0.1) is 5.41 Å². The average molecular weight is 639 g/mol. The van der Waals surface area contributed by atoms with Crippen LogP contribution in [0.15, 0.2) is 36.4 Å². The highest BCUT2D eigenvalue weighted by atomic mass is 35.5. The van der Waals surface area contributed by atoms with Gasteiger partial charge in [0.25, 0.3) is 0 Å². The van der Waals surface area contributed by atoms with E-state index in [1.807, 2.05) is 0 Å². The molecule has 0 aromatic heterocycles. The second-order valence-electron chi connectivity index (χ2n) is 9.18. The number of halogens is 11. The van der Waals surface area contributed by atoms with Crippen molar-refractivity contribution in [3.05, 3.63) is 73.2 Å². The number of hydrogen-bond donors (Lipinski definition) is 0. The van der Waals surface area contributed by atoms with Crippen LogP contribution in [0.3, 0.4) is 0 Å². The van der Waals surface area contributed by atoms with Gasteiger partial charge in [0.1, 0.15) is 18.3 Å². The molecule has 1 fully saturated rings. The molecule has 2 aromatic carbocycles. The van der Waals surface area contributed by atoms with Gasteiger partial charge in [-0.3, -0.25) is 9.59 Å². The Morgan fingerprint density at radius 2 is 1.54 bits per heavy atom. The lowest BCUT2D eigenvalue weighted by molar-refractivity contribution is -0.161. The third-order valence-corrected chi connectivity index (χ3v) is 7.66. The number of amides is 1. The van der Waals surface area contributed by atoms with Gasteiger partial charge in [-0.1, -0.05) is 52.5 Å². The topological polar surface area (TPSA) is 37.4 Å². The predicted molar refractivity (Wildman–Crippen MR) is 135 cm³/mol. The lowest BCUT2D eigenvalue weighted by atomic mass is 9.93. The molecule has 0 bridgehead atoms. The number of carbonyl (C=O) groups is 2. The number of alkyl halides is 6. The maximum Gasteiger partial charge on any atom is 0.406 e. The summed E-state index contributed by atoms with van der Waals surface area (Å²) in [5, 5.41) is -0.996. The second kappa shape index (κ2) is 11.5. The molecule has 0 N–H and O–H groups in total. The van der Waals surface area contributed by atoms with Crippen molar-refractivity contribution in [3.63, 3.8) is 0 Å². The Labute approximate surface area is 238 Å². The summed E-state index contributed by atoms with van der Waals surface area (Å²) in [6.07, 6.45) is -9.30. The summed E-state index contributed by atoms with van der Waals surface area (Å²) in [6.45, 7) is -1.48. The minimum atomic E-state index is -4.94. The molecule has 0 spiro atoms. The molecule has 3 nitrogen and oxygen atoms in total. The highest BCUT2D eigenvalue weighted by molar-refractivity contribution is 6.48. The molecule has 1 saturated carbocycles. The van der Waals surface area contributed by atoms with Crippen molar-refractivity contribution in [1.82, 2.24) is 4.90 Å². The summed E-state index contributed by atoms with van der Waals surface area (Å²) < 4.78 is 94.3. The zero-order valence-electron chi connectivity index (χ0n) is 19.8. The van der Waals surface area contributed by atoms with Crippen LogP contribution in [0.4, 0.5) is 30.7 Å². The summed E-state index contributed by atoms with van der Waals surface area (Å²) in [5.41, 5.74) is -2.30. The molecule has 3 rings (SSSR count). The van der Waals surface area contributed by atoms with Crippen molar-refractivity contribution < 1.29 is 40.3 Å². The summed E-state index contributed by atoms with van der Waals surface area (Å²) in [6, 6.07) is 4.86. The maximum atomic E-state index is 15.0. The predicted octanol–water partition coefficient (Wildman–Crippen LogP) is 9.33. The first-order valence-electron chi connectivity index (χ1n) is 11.1. The van der Waals surface area contributed by atoms with E-state index >= 15 is 0 Å². The van der Waals surface area contributed by atoms with Crippen LogP contribution < -0.4 is 0 Å². The number of Topliss-reactive ketones (excluding diaryl/α,β-unsaturated/α-hetero) is 1. The van der Waals surface area contributed by atoms with Gasteiger partial charge in [0.15, 0.2) is 5.78 Å². The highest BCUT2D eigenvalue weighted by Gasteiger charge is 2.53. The van der Waals surface area contributed by atoms with Gasteiger partial charge in [-0.25, -0.2) is 4.39 Å². The molecular weight excluding hydrogens is 621 g/mol. The fraction of sp³-hybridized carbons (Fsp3) is 0.360. The average Bonchev–Trinajstić information content (AvgIpc) is 3.58. The van der Waals surface area contributed by atoms with E-state index < -0.39 is 59.7 Å². The largest absolute Gasteiger partial charge is 0.406 e. The van der Waals surface area contributed by atoms with Gasteiger partial charge < -0.3 is 4.90 Å². The van der Waals surface area contributed by atoms with Crippen molar-refractivity contribution in [3.8, 4) is 0 Å². The fourth-order valence-electron chi connectivity index (χ4n) is 4.03. The van der Waals surface area contributed by atoms with Gasteiger partial charge in [-0.15, -0.1) is 0 Å². The molecule has 0 saturated heterocycles. The minimum Gasteiger partial charge on any atom is -0.336 e. The molecule has 1 amide bonds. The number of benzene rings is 2. The van der Waals surface area contributed by atoms with E-state index in [9.17, 15) is 40.3 Å². The van der Waals surface area contributed by atoms with Crippen molar-refractivity contribution in [1.29, 1.82) is 0 Å². The Hall–Kier alpha value is -2.01. The first-order valence-corrected chi connectivity index (χ1v) is 12.6.